The van der Waals surface area contributed by atoms with Crippen LogP contribution < -0.4 is 52.0 Å². The van der Waals surface area contributed by atoms with Gasteiger partial charge in [0.25, 0.3) is 0 Å². The van der Waals surface area contributed by atoms with Crippen molar-refractivity contribution in [3.05, 3.63) is 76.9 Å². The van der Waals surface area contributed by atoms with Gasteiger partial charge in [-0.1, -0.05) is 78.7 Å². The lowest BCUT2D eigenvalue weighted by atomic mass is 9.83. The third-order valence-electron chi connectivity index (χ3n) is 14.8. The Morgan fingerprint density at radius 1 is 0.988 bits per heavy atom. The van der Waals surface area contributed by atoms with Gasteiger partial charge in [0.15, 0.2) is 5.72 Å². The molecular formula is C58H80BrClN8O16. The first-order valence-electron chi connectivity index (χ1n) is 27.6. The van der Waals surface area contributed by atoms with Crippen LogP contribution in [-0.2, 0) is 54.1 Å². The average molecular weight is 1260 g/mol. The molecule has 8 amide bonds. The summed E-state index contributed by atoms with van der Waals surface area (Å²) in [5, 5.41) is 28.3. The summed E-state index contributed by atoms with van der Waals surface area (Å²) in [6.07, 6.45) is 0.533. The lowest BCUT2D eigenvalue weighted by molar-refractivity contribution is -0.144. The summed E-state index contributed by atoms with van der Waals surface area (Å²) < 4.78 is 40.4. The van der Waals surface area contributed by atoms with E-state index in [0.29, 0.717) is 37.1 Å². The van der Waals surface area contributed by atoms with Crippen molar-refractivity contribution in [1.29, 1.82) is 0 Å². The molecular weight excluding hydrogens is 1180 g/mol. The first-order chi connectivity index (χ1) is 39.7. The van der Waals surface area contributed by atoms with Gasteiger partial charge in [-0.05, 0) is 95.0 Å². The molecule has 0 aliphatic carbocycles. The Bertz CT molecular complexity index is 2820. The van der Waals surface area contributed by atoms with E-state index in [-0.39, 0.29) is 65.3 Å². The Morgan fingerprint density at radius 2 is 1.70 bits per heavy atom. The Hall–Kier alpha value is -6.93. The number of aliphatic hydroxyl groups is 1. The van der Waals surface area contributed by atoms with Crippen molar-refractivity contribution in [2.24, 2.45) is 17.6 Å². The number of ether oxygens (including phenoxy) is 7. The third kappa shape index (κ3) is 18.5. The number of anilines is 3. The summed E-state index contributed by atoms with van der Waals surface area (Å²) >= 11 is 10.0. The van der Waals surface area contributed by atoms with Crippen LogP contribution >= 0.6 is 27.5 Å². The molecule has 10 atom stereocenters. The van der Waals surface area contributed by atoms with Gasteiger partial charge < -0.3 is 70.2 Å². The number of hydrogen-bond acceptors (Lipinski definition) is 16. The third-order valence-corrected chi connectivity index (χ3v) is 15.9. The Morgan fingerprint density at radius 3 is 2.36 bits per heavy atom. The van der Waals surface area contributed by atoms with Crippen molar-refractivity contribution in [1.82, 2.24) is 21.3 Å². The smallest absolute Gasteiger partial charge is 0.412 e. The summed E-state index contributed by atoms with van der Waals surface area (Å²) in [7, 11) is 5.72. The number of halogens is 2. The summed E-state index contributed by atoms with van der Waals surface area (Å²) in [6.45, 7) is 14.3. The van der Waals surface area contributed by atoms with E-state index in [0.717, 1.165) is 11.1 Å². The molecule has 0 saturated carbocycles. The van der Waals surface area contributed by atoms with Crippen LogP contribution in [0.1, 0.15) is 98.5 Å². The minimum atomic E-state index is -1.91. The molecule has 3 heterocycles. The molecule has 0 radical (unpaired) electrons. The van der Waals surface area contributed by atoms with Gasteiger partial charge in [0, 0.05) is 62.1 Å². The molecule has 1 unspecified atom stereocenters. The predicted octanol–water partition coefficient (Wildman–Crippen LogP) is 6.84. The zero-order valence-corrected chi connectivity index (χ0v) is 51.5. The van der Waals surface area contributed by atoms with Crippen LogP contribution in [0.4, 0.5) is 31.4 Å². The average Bonchev–Trinajstić information content (AvgIpc) is 4.29. The van der Waals surface area contributed by atoms with E-state index >= 15 is 0 Å². The molecule has 2 aromatic carbocycles. The molecule has 2 fully saturated rings. The van der Waals surface area contributed by atoms with E-state index in [1.165, 1.54) is 51.5 Å². The van der Waals surface area contributed by atoms with E-state index in [9.17, 15) is 43.5 Å². The van der Waals surface area contributed by atoms with E-state index in [4.69, 9.17) is 50.5 Å². The first-order valence-corrected chi connectivity index (χ1v) is 29.1. The molecule has 26 heteroatoms. The van der Waals surface area contributed by atoms with Gasteiger partial charge >= 0.3 is 24.2 Å². The highest BCUT2D eigenvalue weighted by Crippen LogP contribution is 2.49. The quantitative estimate of drug-likeness (QED) is 0.0141. The molecule has 5 rings (SSSR count). The number of alkyl carbamates (subject to hydrolysis) is 1. The second kappa shape index (κ2) is 30.8. The molecule has 3 aliphatic rings. The number of methoxy groups -OCH3 is 3. The highest BCUT2D eigenvalue weighted by Gasteiger charge is 2.64. The number of carbonyl (C=O) groups is 8. The molecule has 2 saturated heterocycles. The number of esters is 1. The largest absolute Gasteiger partial charge is 0.495 e. The minimum Gasteiger partial charge on any atom is -0.495 e. The van der Waals surface area contributed by atoms with Crippen molar-refractivity contribution in [3.63, 3.8) is 0 Å². The molecule has 3 aliphatic heterocycles. The van der Waals surface area contributed by atoms with Gasteiger partial charge in [0.05, 0.1) is 44.2 Å². The zero-order chi connectivity index (χ0) is 62.2. The molecule has 84 heavy (non-hydrogen) atoms. The number of amides is 8. The van der Waals surface area contributed by atoms with Crippen LogP contribution in [-0.4, -0.2) is 147 Å². The number of carbonyl (C=O) groups excluding carboxylic acids is 8. The van der Waals surface area contributed by atoms with E-state index < -0.39 is 120 Å². The predicted molar refractivity (Wildman–Crippen MR) is 317 cm³/mol. The van der Waals surface area contributed by atoms with E-state index in [2.05, 4.69) is 54.4 Å². The van der Waals surface area contributed by atoms with Crippen molar-refractivity contribution >= 4 is 92.4 Å². The molecule has 2 aromatic rings. The fourth-order valence-corrected chi connectivity index (χ4v) is 10.4. The van der Waals surface area contributed by atoms with Gasteiger partial charge in [-0.3, -0.25) is 29.8 Å². The highest BCUT2D eigenvalue weighted by molar-refractivity contribution is 9.09. The summed E-state index contributed by atoms with van der Waals surface area (Å²) in [5.41, 5.74) is 4.51. The fraction of sp³-hybridized carbons (Fsp3) is 0.552. The van der Waals surface area contributed by atoms with Crippen LogP contribution in [0.25, 0.3) is 0 Å². The lowest BCUT2D eigenvalue weighted by Crippen LogP contribution is -2.63. The lowest BCUT2D eigenvalue weighted by Gasteiger charge is -2.42. The number of epoxide rings is 1. The molecule has 0 spiro atoms. The number of nitrogens with zero attached hydrogens (tertiary/aromatic N) is 1. The van der Waals surface area contributed by atoms with Crippen molar-refractivity contribution < 1.29 is 76.6 Å². The standard InChI is InChI=1S/C58H80BrClN8O16/c1-31(2)49(66-46(69)20-13-12-17-34(5)81-53(73)33(4)30-59)52(72)65-39(18-15-23-62-54(61)74)51(71)64-38-22-21-37(27-41(38)78-9)63-55(75)83-45-28-47(70)68(8)40-25-36(26-42(79-10)48(40)60)24-32(3)16-14-19-44(80-11)58(77)29-43(82-56(76)67-58)35(6)50-57(45,7)84-50/h14,16,19,21-22,25-27,31,34-35,39,43-45,49-50,77H,4,12-13,15,17-18,20,23-24,28-30H2,1-3,5-11H3,(H,63,75)(H,64,71)(H,65,72)(H,66,69)(H,67,76)(H3,61,62,74)/b19-14+,32-16+/t34?,35-,39+,43+,44-,45+,49+,50+,57+,58+/m1/s1. The Balaban J connectivity index is 1.34. The summed E-state index contributed by atoms with van der Waals surface area (Å²) in [4.78, 5) is 108. The monoisotopic (exact) mass is 1260 g/mol. The van der Waals surface area contributed by atoms with Crippen molar-refractivity contribution in [2.75, 3.05) is 55.8 Å². The number of alkyl halides is 1. The Kier molecular flexibility index (Phi) is 24.8. The van der Waals surface area contributed by atoms with Crippen LogP contribution in [0.2, 0.25) is 5.02 Å². The van der Waals surface area contributed by atoms with Gasteiger partial charge in [-0.25, -0.2) is 19.2 Å². The number of allylic oxidation sites excluding steroid dienone is 3. The number of primary amides is 1. The summed E-state index contributed by atoms with van der Waals surface area (Å²) in [6, 6.07) is 4.79. The maximum absolute atomic E-state index is 14.5. The van der Waals surface area contributed by atoms with Crippen LogP contribution in [0.3, 0.4) is 0 Å². The number of urea groups is 1. The first kappa shape index (κ1) is 67.9. The molecule has 9 N–H and O–H groups in total. The topological polar surface area (TPSA) is 326 Å². The number of benzene rings is 2. The maximum Gasteiger partial charge on any atom is 0.412 e. The number of nitrogens with two attached hydrogens (primary N) is 1. The van der Waals surface area contributed by atoms with Gasteiger partial charge in [0.2, 0.25) is 23.6 Å². The van der Waals surface area contributed by atoms with E-state index in [1.54, 1.807) is 58.9 Å². The number of unbranched alkanes of at least 4 members (excludes halogenated alkanes) is 1. The molecule has 462 valence electrons. The minimum absolute atomic E-state index is 0.0277. The number of rotatable bonds is 23. The van der Waals surface area contributed by atoms with Crippen LogP contribution in [0, 0.1) is 11.8 Å². The maximum atomic E-state index is 14.5. The van der Waals surface area contributed by atoms with Crippen LogP contribution in [0.15, 0.2) is 66.3 Å². The van der Waals surface area contributed by atoms with Gasteiger partial charge in [-0.15, -0.1) is 0 Å². The fourth-order valence-electron chi connectivity index (χ4n) is 9.90. The second-order valence-corrected chi connectivity index (χ2v) is 22.6. The highest BCUT2D eigenvalue weighted by atomic mass is 79.9. The van der Waals surface area contributed by atoms with Crippen molar-refractivity contribution in [3.8, 4) is 11.5 Å². The molecule has 4 bridgehead atoms. The number of fused-ring (bicyclic) bond motifs is 5. The van der Waals surface area contributed by atoms with Gasteiger partial charge in [-0.2, -0.15) is 0 Å². The van der Waals surface area contributed by atoms with Crippen molar-refractivity contribution in [2.45, 2.75) is 153 Å². The SMILES string of the molecule is C=C(CBr)C(=O)OC(C)CCCCC(=O)N[C@H](C(=O)N[C@@H](CCCNC(N)=O)C(=O)Nc1ccc(NC(=O)O[C@H]2CC(=O)N(C)c3cc(cc(OC)c3Cl)C/C(C)=C/C=C/[C@@H](OC)[C@@]3(O)C[C@H](OC(=O)N3)[C@@H](C)[C@@H]3O[C@@]23C)cc1OC)C(C)C. The second-order valence-electron chi connectivity index (χ2n) is 21.7. The number of hydrogen-bond donors (Lipinski definition) is 8. The molecule has 24 nitrogen and oxygen atoms in total. The molecule has 0 aromatic heterocycles. The van der Waals surface area contributed by atoms with E-state index in [1.807, 2.05) is 13.0 Å². The summed E-state index contributed by atoms with van der Waals surface area (Å²) in [5.74, 6) is -3.38. The Labute approximate surface area is 503 Å². The zero-order valence-electron chi connectivity index (χ0n) is 49.2. The normalized spacial score (nSPS) is 24.4. The van der Waals surface area contributed by atoms with Crippen LogP contribution in [0.5, 0.6) is 11.5 Å². The van der Waals surface area contributed by atoms with Gasteiger partial charge in [0.1, 0.15) is 52.5 Å². The number of nitrogens with one attached hydrogen (secondary N) is 6.